The van der Waals surface area contributed by atoms with E-state index in [9.17, 15) is 0 Å². The molecule has 0 fully saturated rings. The quantitative estimate of drug-likeness (QED) is 0.793. The normalized spacial score (nSPS) is 10.8. The van der Waals surface area contributed by atoms with E-state index in [0.29, 0.717) is 12.3 Å². The Balaban J connectivity index is 1.99. The number of aliphatic hydroxyl groups is 1. The number of hydrogen-bond donors (Lipinski definition) is 1. The average molecular weight is 272 g/mol. The Labute approximate surface area is 114 Å². The van der Waals surface area contributed by atoms with Gasteiger partial charge in [0.1, 0.15) is 16.8 Å². The van der Waals surface area contributed by atoms with E-state index in [2.05, 4.69) is 9.97 Å². The van der Waals surface area contributed by atoms with Crippen LogP contribution in [0.15, 0.2) is 42.0 Å². The van der Waals surface area contributed by atoms with Gasteiger partial charge in [0.05, 0.1) is 5.52 Å². The standard InChI is InChI=1S/C14H12N2O2S/c17-7-5-10-3-1-2-4-12(10)18-14-13-11(6-8-19-13)15-9-16-14/h1-4,6,8-9,17H,5,7H2. The molecule has 3 aromatic rings. The van der Waals surface area contributed by atoms with Crippen LogP contribution in [-0.2, 0) is 6.42 Å². The molecule has 1 aromatic carbocycles. The van der Waals surface area contributed by atoms with Crippen molar-refractivity contribution in [1.82, 2.24) is 9.97 Å². The molecule has 0 bridgehead atoms. The van der Waals surface area contributed by atoms with Crippen molar-refractivity contribution in [3.8, 4) is 11.6 Å². The van der Waals surface area contributed by atoms with E-state index in [0.717, 1.165) is 21.5 Å². The smallest absolute Gasteiger partial charge is 0.240 e. The van der Waals surface area contributed by atoms with Crippen LogP contribution >= 0.6 is 11.3 Å². The van der Waals surface area contributed by atoms with Crippen LogP contribution in [0.25, 0.3) is 10.2 Å². The Bertz CT molecular complexity index is 696. The van der Waals surface area contributed by atoms with Crippen LogP contribution in [0.1, 0.15) is 5.56 Å². The van der Waals surface area contributed by atoms with Gasteiger partial charge in [0, 0.05) is 6.61 Å². The first-order valence-corrected chi connectivity index (χ1v) is 6.81. The Morgan fingerprint density at radius 3 is 2.95 bits per heavy atom. The molecule has 0 atom stereocenters. The zero-order valence-electron chi connectivity index (χ0n) is 10.1. The summed E-state index contributed by atoms with van der Waals surface area (Å²) in [6, 6.07) is 9.60. The van der Waals surface area contributed by atoms with Crippen LogP contribution < -0.4 is 4.74 Å². The van der Waals surface area contributed by atoms with Gasteiger partial charge >= 0.3 is 0 Å². The molecule has 0 saturated carbocycles. The van der Waals surface area contributed by atoms with E-state index in [1.165, 1.54) is 6.33 Å². The third kappa shape index (κ3) is 2.43. The van der Waals surface area contributed by atoms with Crippen molar-refractivity contribution in [3.63, 3.8) is 0 Å². The number of rotatable bonds is 4. The summed E-state index contributed by atoms with van der Waals surface area (Å²) in [5.41, 5.74) is 1.85. The van der Waals surface area contributed by atoms with Crippen molar-refractivity contribution in [1.29, 1.82) is 0 Å². The highest BCUT2D eigenvalue weighted by Gasteiger charge is 2.09. The Hall–Kier alpha value is -1.98. The molecule has 0 aliphatic carbocycles. The number of ether oxygens (including phenoxy) is 1. The molecule has 0 saturated heterocycles. The number of fused-ring (bicyclic) bond motifs is 1. The van der Waals surface area contributed by atoms with Crippen LogP contribution in [0, 0.1) is 0 Å². The number of para-hydroxylation sites is 1. The number of aliphatic hydroxyl groups excluding tert-OH is 1. The van der Waals surface area contributed by atoms with Gasteiger partial charge in [0.2, 0.25) is 5.88 Å². The maximum Gasteiger partial charge on any atom is 0.240 e. The van der Waals surface area contributed by atoms with Gasteiger partial charge in [-0.15, -0.1) is 11.3 Å². The van der Waals surface area contributed by atoms with Crippen LogP contribution in [-0.4, -0.2) is 21.7 Å². The topological polar surface area (TPSA) is 55.2 Å². The molecule has 5 heteroatoms. The molecular formula is C14H12N2O2S. The highest BCUT2D eigenvalue weighted by Crippen LogP contribution is 2.31. The molecule has 0 spiro atoms. The van der Waals surface area contributed by atoms with Crippen molar-refractivity contribution in [2.75, 3.05) is 6.61 Å². The van der Waals surface area contributed by atoms with Crippen molar-refractivity contribution in [2.24, 2.45) is 0 Å². The number of hydrogen-bond acceptors (Lipinski definition) is 5. The first-order chi connectivity index (χ1) is 9.38. The van der Waals surface area contributed by atoms with Gasteiger partial charge in [-0.2, -0.15) is 0 Å². The largest absolute Gasteiger partial charge is 0.437 e. The first kappa shape index (κ1) is 12.1. The van der Waals surface area contributed by atoms with E-state index >= 15 is 0 Å². The summed E-state index contributed by atoms with van der Waals surface area (Å²) in [4.78, 5) is 8.37. The monoisotopic (exact) mass is 272 g/mol. The lowest BCUT2D eigenvalue weighted by molar-refractivity contribution is 0.297. The molecule has 2 heterocycles. The lowest BCUT2D eigenvalue weighted by atomic mass is 10.1. The summed E-state index contributed by atoms with van der Waals surface area (Å²) < 4.78 is 6.81. The zero-order valence-corrected chi connectivity index (χ0v) is 10.9. The van der Waals surface area contributed by atoms with E-state index in [1.807, 2.05) is 35.7 Å². The van der Waals surface area contributed by atoms with Crippen molar-refractivity contribution < 1.29 is 9.84 Å². The van der Waals surface area contributed by atoms with Crippen molar-refractivity contribution in [3.05, 3.63) is 47.6 Å². The highest BCUT2D eigenvalue weighted by atomic mass is 32.1. The predicted molar refractivity (Wildman–Crippen MR) is 74.7 cm³/mol. The number of aromatic nitrogens is 2. The molecule has 0 unspecified atom stereocenters. The van der Waals surface area contributed by atoms with Crippen LogP contribution in [0.3, 0.4) is 0 Å². The minimum absolute atomic E-state index is 0.0958. The minimum atomic E-state index is 0.0958. The SMILES string of the molecule is OCCc1ccccc1Oc1ncnc2ccsc12. The Kier molecular flexibility index (Phi) is 3.39. The van der Waals surface area contributed by atoms with Gasteiger partial charge in [-0.05, 0) is 29.5 Å². The fourth-order valence-electron chi connectivity index (χ4n) is 1.87. The minimum Gasteiger partial charge on any atom is -0.437 e. The molecule has 19 heavy (non-hydrogen) atoms. The van der Waals surface area contributed by atoms with E-state index < -0.39 is 0 Å². The fraction of sp³-hybridized carbons (Fsp3) is 0.143. The molecule has 0 aliphatic heterocycles. The third-order valence-corrected chi connectivity index (χ3v) is 3.66. The summed E-state index contributed by atoms with van der Waals surface area (Å²) in [5, 5.41) is 11.0. The summed E-state index contributed by atoms with van der Waals surface area (Å²) in [7, 11) is 0. The van der Waals surface area contributed by atoms with E-state index in [-0.39, 0.29) is 6.61 Å². The van der Waals surface area contributed by atoms with Gasteiger partial charge in [-0.25, -0.2) is 9.97 Å². The van der Waals surface area contributed by atoms with Gasteiger partial charge in [0.25, 0.3) is 0 Å². The lowest BCUT2D eigenvalue weighted by Crippen LogP contribution is -1.96. The number of thiophene rings is 1. The molecule has 0 amide bonds. The lowest BCUT2D eigenvalue weighted by Gasteiger charge is -2.09. The third-order valence-electron chi connectivity index (χ3n) is 2.77. The summed E-state index contributed by atoms with van der Waals surface area (Å²) in [6.45, 7) is 0.0958. The van der Waals surface area contributed by atoms with Crippen molar-refractivity contribution >= 4 is 21.6 Å². The predicted octanol–water partition coefficient (Wildman–Crippen LogP) is 3.02. The molecule has 0 radical (unpaired) electrons. The zero-order chi connectivity index (χ0) is 13.1. The molecular weight excluding hydrogens is 260 g/mol. The molecule has 3 rings (SSSR count). The summed E-state index contributed by atoms with van der Waals surface area (Å²) >= 11 is 1.55. The summed E-state index contributed by atoms with van der Waals surface area (Å²) in [5.74, 6) is 1.29. The summed E-state index contributed by atoms with van der Waals surface area (Å²) in [6.07, 6.45) is 2.06. The molecule has 4 nitrogen and oxygen atoms in total. The van der Waals surface area contributed by atoms with E-state index in [1.54, 1.807) is 11.3 Å². The second-order valence-electron chi connectivity index (χ2n) is 4.00. The van der Waals surface area contributed by atoms with Gasteiger partial charge in [-0.1, -0.05) is 18.2 Å². The van der Waals surface area contributed by atoms with Gasteiger partial charge in [0.15, 0.2) is 0 Å². The fourth-order valence-corrected chi connectivity index (χ4v) is 2.64. The first-order valence-electron chi connectivity index (χ1n) is 5.93. The molecule has 2 aromatic heterocycles. The van der Waals surface area contributed by atoms with Crippen molar-refractivity contribution in [2.45, 2.75) is 6.42 Å². The number of nitrogens with zero attached hydrogens (tertiary/aromatic N) is 2. The maximum absolute atomic E-state index is 9.07. The highest BCUT2D eigenvalue weighted by molar-refractivity contribution is 7.17. The molecule has 0 aliphatic rings. The second kappa shape index (κ2) is 5.34. The second-order valence-corrected chi connectivity index (χ2v) is 4.91. The van der Waals surface area contributed by atoms with Crippen LogP contribution in [0.4, 0.5) is 0 Å². The van der Waals surface area contributed by atoms with Gasteiger partial charge in [-0.3, -0.25) is 0 Å². The molecule has 1 N–H and O–H groups in total. The Morgan fingerprint density at radius 1 is 1.16 bits per heavy atom. The number of benzene rings is 1. The Morgan fingerprint density at radius 2 is 2.05 bits per heavy atom. The van der Waals surface area contributed by atoms with Crippen LogP contribution in [0.5, 0.6) is 11.6 Å². The maximum atomic E-state index is 9.07. The van der Waals surface area contributed by atoms with E-state index in [4.69, 9.17) is 9.84 Å². The molecule has 96 valence electrons. The van der Waals surface area contributed by atoms with Crippen LogP contribution in [0.2, 0.25) is 0 Å². The average Bonchev–Trinajstić information content (AvgIpc) is 2.91. The van der Waals surface area contributed by atoms with Gasteiger partial charge < -0.3 is 9.84 Å².